The second-order valence-corrected chi connectivity index (χ2v) is 8.46. The van der Waals surface area contributed by atoms with E-state index in [4.69, 9.17) is 0 Å². The zero-order chi connectivity index (χ0) is 18.9. The molecule has 0 atom stereocenters. The molecule has 6 heteroatoms. The molecule has 0 amide bonds. The fourth-order valence-electron chi connectivity index (χ4n) is 3.28. The zero-order valence-corrected chi connectivity index (χ0v) is 15.8. The van der Waals surface area contributed by atoms with Gasteiger partial charge in [0, 0.05) is 6.42 Å². The largest absolute Gasteiger partial charge is 0.348 e. The predicted octanol–water partition coefficient (Wildman–Crippen LogP) is 3.71. The van der Waals surface area contributed by atoms with Gasteiger partial charge in [0.05, 0.1) is 16.3 Å². The zero-order valence-electron chi connectivity index (χ0n) is 14.9. The van der Waals surface area contributed by atoms with E-state index in [-0.39, 0.29) is 4.90 Å². The number of nitrogens with one attached hydrogen (secondary N) is 3. The van der Waals surface area contributed by atoms with Crippen molar-refractivity contribution in [3.05, 3.63) is 90.0 Å². The second-order valence-electron chi connectivity index (χ2n) is 6.78. The number of para-hydroxylation sites is 2. The molecule has 0 saturated heterocycles. The number of sulfonamides is 1. The first kappa shape index (κ1) is 17.6. The van der Waals surface area contributed by atoms with Gasteiger partial charge in [0.25, 0.3) is 0 Å². The number of fused-ring (bicyclic) bond motifs is 1. The Morgan fingerprint density at radius 2 is 1.37 bits per heavy atom. The van der Waals surface area contributed by atoms with Gasteiger partial charge in [-0.2, -0.15) is 4.72 Å². The van der Waals surface area contributed by atoms with Crippen LogP contribution in [-0.2, 0) is 16.4 Å². The van der Waals surface area contributed by atoms with Crippen molar-refractivity contribution in [1.82, 2.24) is 4.72 Å². The Balaban J connectivity index is 1.70. The molecular formula is C21H21N3O2S. The van der Waals surface area contributed by atoms with Crippen LogP contribution in [0.3, 0.4) is 0 Å². The van der Waals surface area contributed by atoms with Crippen molar-refractivity contribution < 1.29 is 8.42 Å². The van der Waals surface area contributed by atoms with Crippen molar-refractivity contribution in [3.63, 3.8) is 0 Å². The average Bonchev–Trinajstić information content (AvgIpc) is 2.99. The lowest BCUT2D eigenvalue weighted by atomic mass is 10.1. The Morgan fingerprint density at radius 3 is 1.96 bits per heavy atom. The van der Waals surface area contributed by atoms with Gasteiger partial charge < -0.3 is 10.6 Å². The van der Waals surface area contributed by atoms with Crippen LogP contribution in [0.4, 0.5) is 11.4 Å². The SMILES string of the molecule is Cc1ccc(S(=O)(=O)NC2(Cc3ccccc3)Nc3ccccc3N2)cc1. The monoisotopic (exact) mass is 379 g/mol. The third-order valence-corrected chi connectivity index (χ3v) is 6.09. The number of hydrogen-bond donors (Lipinski definition) is 3. The van der Waals surface area contributed by atoms with Gasteiger partial charge in [-0.25, -0.2) is 8.42 Å². The number of anilines is 2. The molecule has 0 bridgehead atoms. The van der Waals surface area contributed by atoms with Crippen molar-refractivity contribution in [3.8, 4) is 0 Å². The fraction of sp³-hybridized carbons (Fsp3) is 0.143. The molecular weight excluding hydrogens is 358 g/mol. The van der Waals surface area contributed by atoms with Gasteiger partial charge in [-0.15, -0.1) is 0 Å². The molecule has 3 aromatic rings. The molecule has 138 valence electrons. The van der Waals surface area contributed by atoms with E-state index in [1.807, 2.05) is 61.5 Å². The summed E-state index contributed by atoms with van der Waals surface area (Å²) in [6, 6.07) is 24.3. The molecule has 1 heterocycles. The van der Waals surface area contributed by atoms with E-state index in [0.29, 0.717) is 6.42 Å². The highest BCUT2D eigenvalue weighted by Gasteiger charge is 2.40. The number of aryl methyl sites for hydroxylation is 1. The van der Waals surface area contributed by atoms with Crippen LogP contribution < -0.4 is 15.4 Å². The van der Waals surface area contributed by atoms with E-state index >= 15 is 0 Å². The van der Waals surface area contributed by atoms with Crippen LogP contribution in [0.15, 0.2) is 83.8 Å². The Morgan fingerprint density at radius 1 is 0.815 bits per heavy atom. The number of benzene rings is 3. The normalized spacial score (nSPS) is 14.9. The van der Waals surface area contributed by atoms with Gasteiger partial charge in [0.2, 0.25) is 10.0 Å². The highest BCUT2D eigenvalue weighted by molar-refractivity contribution is 7.89. The maximum absolute atomic E-state index is 13.1. The summed E-state index contributed by atoms with van der Waals surface area (Å²) in [4.78, 5) is 0.236. The molecule has 27 heavy (non-hydrogen) atoms. The summed E-state index contributed by atoms with van der Waals surface area (Å²) in [5, 5.41) is 6.66. The van der Waals surface area contributed by atoms with Crippen LogP contribution in [0.25, 0.3) is 0 Å². The minimum Gasteiger partial charge on any atom is -0.348 e. The third-order valence-electron chi connectivity index (χ3n) is 4.58. The van der Waals surface area contributed by atoms with Crippen molar-refractivity contribution in [2.45, 2.75) is 24.0 Å². The molecule has 5 nitrogen and oxygen atoms in total. The Kier molecular flexibility index (Phi) is 4.37. The van der Waals surface area contributed by atoms with E-state index < -0.39 is 15.8 Å². The lowest BCUT2D eigenvalue weighted by molar-refractivity contribution is 0.486. The van der Waals surface area contributed by atoms with Crippen LogP contribution in [0.2, 0.25) is 0 Å². The molecule has 0 aromatic heterocycles. The molecule has 3 N–H and O–H groups in total. The molecule has 0 fully saturated rings. The summed E-state index contributed by atoms with van der Waals surface area (Å²) >= 11 is 0. The highest BCUT2D eigenvalue weighted by Crippen LogP contribution is 2.35. The molecule has 0 aliphatic carbocycles. The Labute approximate surface area is 159 Å². The minimum atomic E-state index is -3.73. The van der Waals surface area contributed by atoms with Crippen LogP contribution in [0, 0.1) is 6.92 Å². The minimum absolute atomic E-state index is 0.236. The smallest absolute Gasteiger partial charge is 0.243 e. The molecule has 1 aliphatic rings. The van der Waals surface area contributed by atoms with Gasteiger partial charge in [0.1, 0.15) is 0 Å². The van der Waals surface area contributed by atoms with E-state index in [0.717, 1.165) is 22.5 Å². The van der Waals surface area contributed by atoms with Gasteiger partial charge in [-0.3, -0.25) is 0 Å². The Hall–Kier alpha value is -2.83. The van der Waals surface area contributed by atoms with Gasteiger partial charge in [-0.05, 0) is 36.8 Å². The number of hydrogen-bond acceptors (Lipinski definition) is 4. The maximum atomic E-state index is 13.1. The quantitative estimate of drug-likeness (QED) is 0.632. The van der Waals surface area contributed by atoms with Crippen LogP contribution in [0.5, 0.6) is 0 Å². The van der Waals surface area contributed by atoms with Crippen LogP contribution in [-0.4, -0.2) is 14.2 Å². The molecule has 0 unspecified atom stereocenters. The molecule has 0 saturated carbocycles. The first-order valence-electron chi connectivity index (χ1n) is 8.76. The summed E-state index contributed by atoms with van der Waals surface area (Å²) in [5.41, 5.74) is 3.74. The average molecular weight is 379 g/mol. The fourth-order valence-corrected chi connectivity index (χ4v) is 4.52. The maximum Gasteiger partial charge on any atom is 0.243 e. The molecule has 1 aliphatic heterocycles. The van der Waals surface area contributed by atoms with E-state index in [1.165, 1.54) is 0 Å². The molecule has 0 spiro atoms. The van der Waals surface area contributed by atoms with Crippen molar-refractivity contribution in [2.24, 2.45) is 0 Å². The first-order chi connectivity index (χ1) is 13.0. The second kappa shape index (κ2) is 6.72. The third kappa shape index (κ3) is 3.67. The predicted molar refractivity (Wildman–Crippen MR) is 108 cm³/mol. The van der Waals surface area contributed by atoms with Crippen molar-refractivity contribution in [2.75, 3.05) is 10.6 Å². The summed E-state index contributed by atoms with van der Waals surface area (Å²) in [7, 11) is -3.73. The summed E-state index contributed by atoms with van der Waals surface area (Å²) in [6.07, 6.45) is 0.438. The lowest BCUT2D eigenvalue weighted by Gasteiger charge is -2.32. The van der Waals surface area contributed by atoms with E-state index in [2.05, 4.69) is 15.4 Å². The molecule has 4 rings (SSSR count). The van der Waals surface area contributed by atoms with Crippen LogP contribution in [0.1, 0.15) is 11.1 Å². The summed E-state index contributed by atoms with van der Waals surface area (Å²) < 4.78 is 29.0. The van der Waals surface area contributed by atoms with Gasteiger partial charge in [0.15, 0.2) is 5.79 Å². The van der Waals surface area contributed by atoms with Gasteiger partial charge in [-0.1, -0.05) is 60.2 Å². The van der Waals surface area contributed by atoms with E-state index in [1.54, 1.807) is 24.3 Å². The van der Waals surface area contributed by atoms with Gasteiger partial charge >= 0.3 is 0 Å². The standard InChI is InChI=1S/C21H21N3O2S/c1-16-11-13-18(14-12-16)27(25,26)24-21(15-17-7-3-2-4-8-17)22-19-9-5-6-10-20(19)23-21/h2-14,22-24H,15H2,1H3. The highest BCUT2D eigenvalue weighted by atomic mass is 32.2. The molecule has 3 aromatic carbocycles. The molecule has 0 radical (unpaired) electrons. The first-order valence-corrected chi connectivity index (χ1v) is 10.2. The van der Waals surface area contributed by atoms with E-state index in [9.17, 15) is 8.42 Å². The lowest BCUT2D eigenvalue weighted by Crippen LogP contribution is -2.58. The Bertz CT molecular complexity index is 1020. The summed E-state index contributed by atoms with van der Waals surface area (Å²) in [6.45, 7) is 1.93. The number of rotatable bonds is 5. The summed E-state index contributed by atoms with van der Waals surface area (Å²) in [5.74, 6) is -1.05. The van der Waals surface area contributed by atoms with Crippen molar-refractivity contribution in [1.29, 1.82) is 0 Å². The van der Waals surface area contributed by atoms with Crippen LogP contribution >= 0.6 is 0 Å². The van der Waals surface area contributed by atoms with Crippen molar-refractivity contribution >= 4 is 21.4 Å². The topological polar surface area (TPSA) is 70.2 Å².